The standard InChI is InChI=1S/C6H21O3PSi2/c1-11(2,3)10(7,8,9)12(4,5)6/h7-9H,1-6H3. The molecule has 0 atom stereocenters. The molecule has 3 nitrogen and oxygen atoms in total. The van der Waals surface area contributed by atoms with Crippen molar-refractivity contribution in [1.29, 1.82) is 0 Å². The summed E-state index contributed by atoms with van der Waals surface area (Å²) in [6, 6.07) is 0. The second kappa shape index (κ2) is 2.62. The van der Waals surface area contributed by atoms with Crippen LogP contribution in [0.3, 0.4) is 0 Å². The molecule has 0 fully saturated rings. The molecule has 6 heteroatoms. The average molecular weight is 228 g/mol. The van der Waals surface area contributed by atoms with Gasteiger partial charge in [-0.25, -0.2) is 0 Å². The van der Waals surface area contributed by atoms with Gasteiger partial charge in [-0.1, -0.05) is 0 Å². The second-order valence-electron chi connectivity index (χ2n) is 5.32. The Balaban J connectivity index is 5.29. The van der Waals surface area contributed by atoms with Gasteiger partial charge in [0.1, 0.15) is 0 Å². The maximum absolute atomic E-state index is 10.0. The molecule has 0 bridgehead atoms. The van der Waals surface area contributed by atoms with Crippen LogP contribution in [0.4, 0.5) is 0 Å². The van der Waals surface area contributed by atoms with E-state index in [1.807, 2.05) is 39.3 Å². The molecular weight excluding hydrogens is 207 g/mol. The second-order valence-corrected chi connectivity index (χ2v) is 30.3. The fourth-order valence-corrected chi connectivity index (χ4v) is 27.2. The molecule has 0 saturated heterocycles. The van der Waals surface area contributed by atoms with E-state index < -0.39 is 21.9 Å². The van der Waals surface area contributed by atoms with Crippen LogP contribution in [0, 0.1) is 0 Å². The third kappa shape index (κ3) is 1.67. The molecule has 0 aromatic rings. The summed E-state index contributed by atoms with van der Waals surface area (Å²) in [7, 11) is -4.57. The molecule has 0 amide bonds. The summed E-state index contributed by atoms with van der Waals surface area (Å²) in [6.07, 6.45) is -4.30. The topological polar surface area (TPSA) is 60.7 Å². The van der Waals surface area contributed by atoms with Gasteiger partial charge in [-0.15, -0.1) is 0 Å². The van der Waals surface area contributed by atoms with Crippen molar-refractivity contribution in [1.82, 2.24) is 0 Å². The van der Waals surface area contributed by atoms with Crippen LogP contribution in [0.1, 0.15) is 0 Å². The van der Waals surface area contributed by atoms with Gasteiger partial charge in [-0.3, -0.25) is 0 Å². The zero-order valence-electron chi connectivity index (χ0n) is 8.79. The summed E-state index contributed by atoms with van der Waals surface area (Å²) in [4.78, 5) is 30.1. The van der Waals surface area contributed by atoms with Crippen molar-refractivity contribution in [3.05, 3.63) is 0 Å². The van der Waals surface area contributed by atoms with Crippen LogP contribution in [-0.4, -0.2) is 30.2 Å². The van der Waals surface area contributed by atoms with Crippen LogP contribution >= 0.6 is 6.38 Å². The van der Waals surface area contributed by atoms with E-state index in [-0.39, 0.29) is 0 Å². The van der Waals surface area contributed by atoms with Gasteiger partial charge in [-0.05, 0) is 0 Å². The first-order valence-corrected chi connectivity index (χ1v) is 14.8. The van der Waals surface area contributed by atoms with Gasteiger partial charge >= 0.3 is 75.8 Å². The molecule has 0 rings (SSSR count). The Hall–Kier alpha value is 0.744. The van der Waals surface area contributed by atoms with E-state index in [4.69, 9.17) is 0 Å². The quantitative estimate of drug-likeness (QED) is 0.500. The first-order valence-electron chi connectivity index (χ1n) is 4.05. The van der Waals surface area contributed by atoms with E-state index in [9.17, 15) is 14.7 Å². The molecule has 3 N–H and O–H groups in total. The predicted molar refractivity (Wildman–Crippen MR) is 60.3 cm³/mol. The van der Waals surface area contributed by atoms with Crippen molar-refractivity contribution in [3.63, 3.8) is 0 Å². The molecule has 0 saturated carbocycles. The van der Waals surface area contributed by atoms with Gasteiger partial charge in [-0.2, -0.15) is 0 Å². The summed E-state index contributed by atoms with van der Waals surface area (Å²) in [6.45, 7) is 10.9. The monoisotopic (exact) mass is 228 g/mol. The summed E-state index contributed by atoms with van der Waals surface area (Å²) in [5.41, 5.74) is 0. The third-order valence-corrected chi connectivity index (χ3v) is 34.3. The Morgan fingerprint density at radius 2 is 0.833 bits per heavy atom. The van der Waals surface area contributed by atoms with Crippen molar-refractivity contribution >= 4 is 21.9 Å². The van der Waals surface area contributed by atoms with E-state index >= 15 is 0 Å². The molecule has 0 aromatic heterocycles. The van der Waals surface area contributed by atoms with Crippen molar-refractivity contribution in [2.24, 2.45) is 0 Å². The minimum atomic E-state index is -4.30. The molecule has 0 heterocycles. The molecule has 0 aromatic carbocycles. The molecule has 0 spiro atoms. The van der Waals surface area contributed by atoms with Crippen molar-refractivity contribution in [2.45, 2.75) is 39.3 Å². The first-order chi connectivity index (χ1) is 4.79. The van der Waals surface area contributed by atoms with Crippen LogP contribution in [-0.2, 0) is 0 Å². The first kappa shape index (κ1) is 12.7. The Morgan fingerprint density at radius 1 is 0.667 bits per heavy atom. The third-order valence-electron chi connectivity index (χ3n) is 2.47. The number of hydrogen-bond acceptors (Lipinski definition) is 3. The van der Waals surface area contributed by atoms with Gasteiger partial charge in [0, 0.05) is 0 Å². The Bertz CT molecular complexity index is 166. The van der Waals surface area contributed by atoms with Crippen molar-refractivity contribution in [3.8, 4) is 0 Å². The van der Waals surface area contributed by atoms with Gasteiger partial charge in [0.2, 0.25) is 0 Å². The zero-order valence-corrected chi connectivity index (χ0v) is 11.7. The fraction of sp³-hybridized carbons (Fsp3) is 1.00. The number of hydrogen-bond donors (Lipinski definition) is 3. The molecular formula is C6H21O3PSi2. The van der Waals surface area contributed by atoms with E-state index in [0.717, 1.165) is 0 Å². The summed E-state index contributed by atoms with van der Waals surface area (Å²) >= 11 is 0. The molecule has 0 radical (unpaired) electrons. The van der Waals surface area contributed by atoms with Crippen LogP contribution < -0.4 is 0 Å². The van der Waals surface area contributed by atoms with Gasteiger partial charge < -0.3 is 0 Å². The Morgan fingerprint density at radius 3 is 0.833 bits per heavy atom. The normalized spacial score (nSPS) is 18.6. The molecule has 0 aliphatic heterocycles. The van der Waals surface area contributed by atoms with Crippen LogP contribution in [0.15, 0.2) is 0 Å². The maximum atomic E-state index is 10.0. The van der Waals surface area contributed by atoms with Crippen LogP contribution in [0.25, 0.3) is 0 Å². The van der Waals surface area contributed by atoms with Crippen molar-refractivity contribution < 1.29 is 14.7 Å². The predicted octanol–water partition coefficient (Wildman–Crippen LogP) is 1.93. The summed E-state index contributed by atoms with van der Waals surface area (Å²) < 4.78 is 0. The molecule has 0 aliphatic rings. The molecule has 0 aliphatic carbocycles. The Labute approximate surface area is 76.3 Å². The van der Waals surface area contributed by atoms with Crippen LogP contribution in [0.2, 0.25) is 39.3 Å². The number of rotatable bonds is 2. The van der Waals surface area contributed by atoms with E-state index in [1.54, 1.807) is 0 Å². The van der Waals surface area contributed by atoms with E-state index in [1.165, 1.54) is 0 Å². The van der Waals surface area contributed by atoms with Gasteiger partial charge in [0.15, 0.2) is 0 Å². The molecule has 76 valence electrons. The minimum absolute atomic E-state index is 1.81. The van der Waals surface area contributed by atoms with Crippen molar-refractivity contribution in [2.75, 3.05) is 0 Å². The van der Waals surface area contributed by atoms with E-state index in [2.05, 4.69) is 0 Å². The molecule has 0 unspecified atom stereocenters. The SMILES string of the molecule is C[Si](C)(C)P(O)(O)(O)[Si](C)(C)C. The molecule has 12 heavy (non-hydrogen) atoms. The van der Waals surface area contributed by atoms with E-state index in [0.29, 0.717) is 0 Å². The van der Waals surface area contributed by atoms with Gasteiger partial charge in [0.05, 0.1) is 0 Å². The zero-order chi connectivity index (χ0) is 10.4. The summed E-state index contributed by atoms with van der Waals surface area (Å²) in [5, 5.41) is 0. The van der Waals surface area contributed by atoms with Gasteiger partial charge in [0.25, 0.3) is 0 Å². The fourth-order valence-electron chi connectivity index (χ4n) is 1.01. The average Bonchev–Trinajstić information content (AvgIpc) is 1.55. The summed E-state index contributed by atoms with van der Waals surface area (Å²) in [5.74, 6) is 0. The Kier molecular flexibility index (Phi) is 2.78. The van der Waals surface area contributed by atoms with Crippen LogP contribution in [0.5, 0.6) is 0 Å².